The predicted molar refractivity (Wildman–Crippen MR) is 113 cm³/mol. The maximum atomic E-state index is 11.6. The number of β-amino-alcohol motifs (C(OH)–C–C–N with tert-alkyl or cyclic N) is 1. The largest absolute Gasteiger partial charge is 0.497 e. The summed E-state index contributed by atoms with van der Waals surface area (Å²) in [6.07, 6.45) is 1.45. The number of allylic oxidation sites excluding steroid dienone is 1. The van der Waals surface area contributed by atoms with Crippen molar-refractivity contribution >= 4 is 5.69 Å². The van der Waals surface area contributed by atoms with Crippen molar-refractivity contribution in [3.05, 3.63) is 35.9 Å². The average Bonchev–Trinajstić information content (AvgIpc) is 2.95. The second-order valence-electron chi connectivity index (χ2n) is 8.93. The molecule has 0 radical (unpaired) electrons. The maximum absolute atomic E-state index is 11.6. The Morgan fingerprint density at radius 2 is 1.93 bits per heavy atom. The Morgan fingerprint density at radius 1 is 1.28 bits per heavy atom. The van der Waals surface area contributed by atoms with E-state index >= 15 is 0 Å². The molecule has 1 saturated carbocycles. The molecule has 3 rings (SSSR count). The van der Waals surface area contributed by atoms with Crippen LogP contribution in [0.2, 0.25) is 0 Å². The van der Waals surface area contributed by atoms with Crippen molar-refractivity contribution in [3.63, 3.8) is 0 Å². The van der Waals surface area contributed by atoms with Crippen LogP contribution < -0.4 is 9.64 Å². The normalized spacial score (nSPS) is 35.2. The van der Waals surface area contributed by atoms with E-state index in [-0.39, 0.29) is 0 Å². The lowest BCUT2D eigenvalue weighted by Gasteiger charge is -2.50. The summed E-state index contributed by atoms with van der Waals surface area (Å²) in [5.74, 6) is 0.312. The summed E-state index contributed by atoms with van der Waals surface area (Å²) in [7, 11) is 3.19. The van der Waals surface area contributed by atoms with Gasteiger partial charge in [0.05, 0.1) is 36.6 Å². The first-order valence-electron chi connectivity index (χ1n) is 10.3. The molecule has 6 atom stereocenters. The number of anilines is 1. The van der Waals surface area contributed by atoms with Gasteiger partial charge in [-0.1, -0.05) is 11.6 Å². The van der Waals surface area contributed by atoms with Gasteiger partial charge >= 0.3 is 0 Å². The maximum Gasteiger partial charge on any atom is 0.119 e. The molecule has 29 heavy (non-hydrogen) atoms. The number of methoxy groups -OCH3 is 2. The highest BCUT2D eigenvalue weighted by Crippen LogP contribution is 2.53. The molecule has 6 nitrogen and oxygen atoms in total. The SMILES string of the molecule is COc1ccc(N2C[C@@]3(O)CC[C@@H](O)[C@@H](OC)[C@@H]3[C@@]2(C)[C@H](O)CC=C(C)C)cc1. The van der Waals surface area contributed by atoms with Gasteiger partial charge in [-0.15, -0.1) is 0 Å². The molecule has 2 fully saturated rings. The smallest absolute Gasteiger partial charge is 0.119 e. The number of aliphatic hydroxyl groups is 3. The Balaban J connectivity index is 2.09. The summed E-state index contributed by atoms with van der Waals surface area (Å²) >= 11 is 0. The van der Waals surface area contributed by atoms with Gasteiger partial charge in [0.2, 0.25) is 0 Å². The molecule has 6 heteroatoms. The van der Waals surface area contributed by atoms with Gasteiger partial charge in [0.1, 0.15) is 5.75 Å². The van der Waals surface area contributed by atoms with Gasteiger partial charge in [-0.25, -0.2) is 0 Å². The fraction of sp³-hybridized carbons (Fsp3) is 0.652. The predicted octanol–water partition coefficient (Wildman–Crippen LogP) is 2.51. The van der Waals surface area contributed by atoms with Gasteiger partial charge in [0, 0.05) is 25.3 Å². The van der Waals surface area contributed by atoms with Gasteiger partial charge in [-0.2, -0.15) is 0 Å². The van der Waals surface area contributed by atoms with E-state index in [1.165, 1.54) is 0 Å². The monoisotopic (exact) mass is 405 g/mol. The van der Waals surface area contributed by atoms with E-state index in [9.17, 15) is 15.3 Å². The highest BCUT2D eigenvalue weighted by atomic mass is 16.5. The minimum absolute atomic E-state index is 0.374. The third-order valence-electron chi connectivity index (χ3n) is 6.88. The van der Waals surface area contributed by atoms with Crippen molar-refractivity contribution in [2.45, 2.75) is 69.5 Å². The summed E-state index contributed by atoms with van der Waals surface area (Å²) < 4.78 is 11.0. The number of nitrogens with zero attached hydrogens (tertiary/aromatic N) is 1. The lowest BCUT2D eigenvalue weighted by molar-refractivity contribution is -0.164. The van der Waals surface area contributed by atoms with E-state index in [4.69, 9.17) is 9.47 Å². The molecule has 1 heterocycles. The lowest BCUT2D eigenvalue weighted by atomic mass is 9.65. The molecular formula is C23H35NO5. The van der Waals surface area contributed by atoms with Crippen molar-refractivity contribution in [2.75, 3.05) is 25.7 Å². The number of hydrogen-bond donors (Lipinski definition) is 3. The molecule has 0 bridgehead atoms. The standard InChI is InChI=1S/C23H35NO5/c1-15(2)6-11-19(26)22(3)21-20(29-5)18(25)12-13-23(21,27)14-24(22)16-7-9-17(28-4)10-8-16/h6-10,18-21,25-27H,11-14H2,1-5H3/t18-,19-,20-,21-,22-,23+/m1/s1. The zero-order valence-electron chi connectivity index (χ0n) is 18.1. The molecule has 3 N–H and O–H groups in total. The Labute approximate surface area is 173 Å². The van der Waals surface area contributed by atoms with E-state index in [1.54, 1.807) is 14.2 Å². The molecule has 0 amide bonds. The van der Waals surface area contributed by atoms with Gasteiger partial charge < -0.3 is 29.7 Å². The second-order valence-corrected chi connectivity index (χ2v) is 8.93. The van der Waals surface area contributed by atoms with Crippen LogP contribution in [0.4, 0.5) is 5.69 Å². The first-order valence-corrected chi connectivity index (χ1v) is 10.3. The van der Waals surface area contributed by atoms with Crippen molar-refractivity contribution in [1.82, 2.24) is 0 Å². The molecule has 2 aliphatic rings. The Morgan fingerprint density at radius 3 is 2.48 bits per heavy atom. The Bertz CT molecular complexity index is 731. The third-order valence-corrected chi connectivity index (χ3v) is 6.88. The fourth-order valence-electron chi connectivity index (χ4n) is 5.31. The molecule has 0 aromatic heterocycles. The van der Waals surface area contributed by atoms with Gasteiger partial charge in [0.15, 0.2) is 0 Å². The van der Waals surface area contributed by atoms with E-state index in [2.05, 4.69) is 4.90 Å². The molecule has 162 valence electrons. The minimum atomic E-state index is -1.06. The van der Waals surface area contributed by atoms with Gasteiger partial charge in [-0.05, 0) is 64.3 Å². The number of hydrogen-bond acceptors (Lipinski definition) is 6. The summed E-state index contributed by atoms with van der Waals surface area (Å²) in [6, 6.07) is 7.66. The third kappa shape index (κ3) is 3.79. The fourth-order valence-corrected chi connectivity index (χ4v) is 5.31. The summed E-state index contributed by atoms with van der Waals surface area (Å²) in [5.41, 5.74) is 0.151. The van der Waals surface area contributed by atoms with E-state index in [0.717, 1.165) is 17.0 Å². The Kier molecular flexibility index (Phi) is 6.30. The first kappa shape index (κ1) is 22.1. The van der Waals surface area contributed by atoms with Crippen molar-refractivity contribution in [2.24, 2.45) is 5.92 Å². The quantitative estimate of drug-likeness (QED) is 0.631. The average molecular weight is 406 g/mol. The van der Waals surface area contributed by atoms with Gasteiger partial charge in [0.25, 0.3) is 0 Å². The number of fused-ring (bicyclic) bond motifs is 1. The van der Waals surface area contributed by atoms with Crippen LogP contribution in [0.5, 0.6) is 5.75 Å². The van der Waals surface area contributed by atoms with Crippen LogP contribution in [0.1, 0.15) is 40.0 Å². The van der Waals surface area contributed by atoms with E-state index in [0.29, 0.717) is 25.8 Å². The molecule has 0 unspecified atom stereocenters. The van der Waals surface area contributed by atoms with E-state index < -0.39 is 35.4 Å². The summed E-state index contributed by atoms with van der Waals surface area (Å²) in [4.78, 5) is 2.09. The molecule has 1 aromatic rings. The molecule has 1 aliphatic carbocycles. The highest BCUT2D eigenvalue weighted by molar-refractivity contribution is 5.55. The molecule has 1 saturated heterocycles. The Hall–Kier alpha value is -1.60. The van der Waals surface area contributed by atoms with Crippen LogP contribution >= 0.6 is 0 Å². The van der Waals surface area contributed by atoms with Gasteiger partial charge in [-0.3, -0.25) is 0 Å². The number of benzene rings is 1. The lowest BCUT2D eigenvalue weighted by Crippen LogP contribution is -2.63. The highest BCUT2D eigenvalue weighted by Gasteiger charge is 2.66. The van der Waals surface area contributed by atoms with E-state index in [1.807, 2.05) is 51.1 Å². The van der Waals surface area contributed by atoms with Crippen molar-refractivity contribution < 1.29 is 24.8 Å². The molecular weight excluding hydrogens is 370 g/mol. The summed E-state index contributed by atoms with van der Waals surface area (Å²) in [5, 5.41) is 33.6. The van der Waals surface area contributed by atoms with Crippen LogP contribution in [0.25, 0.3) is 0 Å². The minimum Gasteiger partial charge on any atom is -0.497 e. The topological polar surface area (TPSA) is 82.4 Å². The van der Waals surface area contributed by atoms with Crippen LogP contribution in [0.15, 0.2) is 35.9 Å². The second kappa shape index (κ2) is 8.26. The molecule has 1 aliphatic heterocycles. The summed E-state index contributed by atoms with van der Waals surface area (Å²) in [6.45, 7) is 6.36. The van der Waals surface area contributed by atoms with Crippen molar-refractivity contribution in [1.29, 1.82) is 0 Å². The van der Waals surface area contributed by atoms with Crippen molar-refractivity contribution in [3.8, 4) is 5.75 Å². The molecule has 1 aromatic carbocycles. The number of ether oxygens (including phenoxy) is 2. The van der Waals surface area contributed by atoms with Crippen LogP contribution in [-0.4, -0.2) is 65.5 Å². The van der Waals surface area contributed by atoms with Crippen LogP contribution in [-0.2, 0) is 4.74 Å². The first-order chi connectivity index (χ1) is 13.7. The molecule has 0 spiro atoms. The van der Waals surface area contributed by atoms with Crippen LogP contribution in [0, 0.1) is 5.92 Å². The van der Waals surface area contributed by atoms with Crippen LogP contribution in [0.3, 0.4) is 0 Å². The zero-order chi connectivity index (χ0) is 21.4. The number of aliphatic hydroxyl groups excluding tert-OH is 2. The number of rotatable bonds is 6. The zero-order valence-corrected chi connectivity index (χ0v) is 18.1.